The van der Waals surface area contributed by atoms with Crippen LogP contribution in [0.1, 0.15) is 53.4 Å². The quantitative estimate of drug-likeness (QED) is 0.478. The van der Waals surface area contributed by atoms with Gasteiger partial charge in [-0.25, -0.2) is 0 Å². The lowest BCUT2D eigenvalue weighted by molar-refractivity contribution is -0.314. The van der Waals surface area contributed by atoms with Crippen LogP contribution in [0.5, 0.6) is 0 Å². The third-order valence-corrected chi connectivity index (χ3v) is 6.34. The molecule has 2 aliphatic rings. The molecule has 0 aromatic heterocycles. The number of ether oxygens (including phenoxy) is 2. The first-order chi connectivity index (χ1) is 13.6. The number of carbonyl (C=O) groups is 2. The zero-order valence-electron chi connectivity index (χ0n) is 17.6. The van der Waals surface area contributed by atoms with Gasteiger partial charge in [-0.2, -0.15) is 0 Å². The second-order valence-electron chi connectivity index (χ2n) is 8.31. The fourth-order valence-corrected chi connectivity index (χ4v) is 4.30. The van der Waals surface area contributed by atoms with Gasteiger partial charge in [0.15, 0.2) is 12.1 Å². The zero-order chi connectivity index (χ0) is 21.9. The van der Waals surface area contributed by atoms with Gasteiger partial charge < -0.3 is 29.9 Å². The van der Waals surface area contributed by atoms with Crippen LogP contribution in [0.3, 0.4) is 0 Å². The number of ketones is 2. The van der Waals surface area contributed by atoms with E-state index in [1.807, 2.05) is 13.8 Å². The molecule has 0 amide bonds. The van der Waals surface area contributed by atoms with Gasteiger partial charge in [0, 0.05) is 5.92 Å². The van der Waals surface area contributed by atoms with E-state index in [0.29, 0.717) is 25.7 Å². The van der Waals surface area contributed by atoms with Crippen LogP contribution in [0.25, 0.3) is 0 Å². The van der Waals surface area contributed by atoms with Crippen molar-refractivity contribution in [1.82, 2.24) is 0 Å². The molecule has 0 aromatic carbocycles. The molecule has 8 nitrogen and oxygen atoms in total. The van der Waals surface area contributed by atoms with Crippen LogP contribution in [0.15, 0.2) is 11.1 Å². The molecule has 2 fully saturated rings. The van der Waals surface area contributed by atoms with Gasteiger partial charge in [0.1, 0.15) is 30.2 Å². The van der Waals surface area contributed by atoms with E-state index in [2.05, 4.69) is 0 Å². The molecule has 1 saturated heterocycles. The summed E-state index contributed by atoms with van der Waals surface area (Å²) < 4.78 is 11.4. The molecule has 1 aliphatic heterocycles. The predicted molar refractivity (Wildman–Crippen MR) is 104 cm³/mol. The predicted octanol–water partition coefficient (Wildman–Crippen LogP) is 0.492. The topological polar surface area (TPSA) is 134 Å². The molecule has 8 atom stereocenters. The molecule has 0 spiro atoms. The van der Waals surface area contributed by atoms with E-state index in [9.17, 15) is 30.0 Å². The molecule has 1 heterocycles. The summed E-state index contributed by atoms with van der Waals surface area (Å²) in [4.78, 5) is 24.2. The number of allylic oxidation sites excluding steroid dienone is 2. The summed E-state index contributed by atoms with van der Waals surface area (Å²) in [6.07, 6.45) is -5.06. The molecule has 2 rings (SSSR count). The molecule has 1 aliphatic carbocycles. The minimum Gasteiger partial charge on any atom is -0.394 e. The standard InChI is InChI=1S/C21H34O8/c1-10-5-8-16(15(13(4)24)7-6-14(10)11(2)12(3)23)28-21-20(27)19(26)18(25)17(9-22)29-21/h10,15-22,25-27H,5-9H2,1-4H3/b14-11+. The number of aliphatic hydroxyl groups is 4. The van der Waals surface area contributed by atoms with Gasteiger partial charge in [0.05, 0.1) is 12.7 Å². The van der Waals surface area contributed by atoms with Crippen molar-refractivity contribution in [3.8, 4) is 0 Å². The first-order valence-corrected chi connectivity index (χ1v) is 10.2. The largest absolute Gasteiger partial charge is 0.394 e. The van der Waals surface area contributed by atoms with Gasteiger partial charge >= 0.3 is 0 Å². The summed E-state index contributed by atoms with van der Waals surface area (Å²) in [5.41, 5.74) is 1.81. The normalized spacial score (nSPS) is 40.7. The van der Waals surface area contributed by atoms with Crippen molar-refractivity contribution in [2.75, 3.05) is 6.61 Å². The van der Waals surface area contributed by atoms with Crippen molar-refractivity contribution in [1.29, 1.82) is 0 Å². The number of aliphatic hydroxyl groups excluding tert-OH is 4. The summed E-state index contributed by atoms with van der Waals surface area (Å²) >= 11 is 0. The van der Waals surface area contributed by atoms with Crippen molar-refractivity contribution in [2.45, 2.75) is 90.2 Å². The highest BCUT2D eigenvalue weighted by molar-refractivity contribution is 5.93. The number of carbonyl (C=O) groups excluding carboxylic acids is 2. The van der Waals surface area contributed by atoms with E-state index in [0.717, 1.165) is 11.1 Å². The maximum atomic E-state index is 12.3. The first-order valence-electron chi connectivity index (χ1n) is 10.2. The lowest BCUT2D eigenvalue weighted by Crippen LogP contribution is -2.60. The number of Topliss-reactive ketones (excluding diaryl/α,β-unsaturated/α-hetero) is 2. The van der Waals surface area contributed by atoms with Crippen LogP contribution in [0.2, 0.25) is 0 Å². The minimum absolute atomic E-state index is 0.0286. The third kappa shape index (κ3) is 5.51. The van der Waals surface area contributed by atoms with Gasteiger partial charge in [0.25, 0.3) is 0 Å². The van der Waals surface area contributed by atoms with E-state index >= 15 is 0 Å². The van der Waals surface area contributed by atoms with Gasteiger partial charge in [-0.05, 0) is 57.9 Å². The van der Waals surface area contributed by atoms with Gasteiger partial charge in [-0.3, -0.25) is 9.59 Å². The van der Waals surface area contributed by atoms with Crippen molar-refractivity contribution in [3.63, 3.8) is 0 Å². The molecule has 0 aromatic rings. The molecule has 166 valence electrons. The van der Waals surface area contributed by atoms with Crippen LogP contribution in [0.4, 0.5) is 0 Å². The Morgan fingerprint density at radius 1 is 1.03 bits per heavy atom. The Morgan fingerprint density at radius 3 is 2.24 bits per heavy atom. The second kappa shape index (κ2) is 10.2. The number of hydrogen-bond donors (Lipinski definition) is 4. The summed E-state index contributed by atoms with van der Waals surface area (Å²) in [6.45, 7) is 6.35. The van der Waals surface area contributed by atoms with Gasteiger partial charge in [-0.15, -0.1) is 0 Å². The van der Waals surface area contributed by atoms with Gasteiger partial charge in [-0.1, -0.05) is 12.5 Å². The monoisotopic (exact) mass is 414 g/mol. The van der Waals surface area contributed by atoms with Crippen molar-refractivity contribution >= 4 is 11.6 Å². The smallest absolute Gasteiger partial charge is 0.186 e. The van der Waals surface area contributed by atoms with Crippen LogP contribution >= 0.6 is 0 Å². The Hall–Kier alpha value is -1.16. The Labute approximate surface area is 171 Å². The highest BCUT2D eigenvalue weighted by Gasteiger charge is 2.45. The maximum Gasteiger partial charge on any atom is 0.186 e. The fourth-order valence-electron chi connectivity index (χ4n) is 4.30. The van der Waals surface area contributed by atoms with E-state index in [1.165, 1.54) is 6.92 Å². The van der Waals surface area contributed by atoms with E-state index in [-0.39, 0.29) is 17.5 Å². The van der Waals surface area contributed by atoms with E-state index in [1.54, 1.807) is 6.92 Å². The molecule has 0 radical (unpaired) electrons. The van der Waals surface area contributed by atoms with Crippen molar-refractivity contribution in [2.24, 2.45) is 11.8 Å². The zero-order valence-corrected chi connectivity index (χ0v) is 17.6. The minimum atomic E-state index is -1.53. The summed E-state index contributed by atoms with van der Waals surface area (Å²) in [7, 11) is 0. The highest BCUT2D eigenvalue weighted by Crippen LogP contribution is 2.35. The second-order valence-corrected chi connectivity index (χ2v) is 8.31. The summed E-state index contributed by atoms with van der Waals surface area (Å²) in [5.74, 6) is -0.341. The van der Waals surface area contributed by atoms with Crippen LogP contribution in [-0.2, 0) is 19.1 Å². The van der Waals surface area contributed by atoms with Crippen molar-refractivity contribution in [3.05, 3.63) is 11.1 Å². The first kappa shape index (κ1) is 24.1. The van der Waals surface area contributed by atoms with Crippen LogP contribution in [0, 0.1) is 11.8 Å². The molecule has 1 saturated carbocycles. The van der Waals surface area contributed by atoms with E-state index < -0.39 is 49.3 Å². The maximum absolute atomic E-state index is 12.3. The van der Waals surface area contributed by atoms with Crippen LogP contribution in [-0.4, -0.2) is 75.4 Å². The summed E-state index contributed by atoms with van der Waals surface area (Å²) in [6, 6.07) is 0. The Bertz CT molecular complexity index is 628. The highest BCUT2D eigenvalue weighted by atomic mass is 16.7. The average Bonchev–Trinajstić information content (AvgIpc) is 2.66. The molecule has 4 N–H and O–H groups in total. The third-order valence-electron chi connectivity index (χ3n) is 6.34. The molecule has 8 unspecified atom stereocenters. The number of hydrogen-bond acceptors (Lipinski definition) is 8. The molecular weight excluding hydrogens is 380 g/mol. The number of rotatable bonds is 5. The lowest BCUT2D eigenvalue weighted by Gasteiger charge is -2.42. The average molecular weight is 414 g/mol. The molecule has 8 heteroatoms. The Morgan fingerprint density at radius 2 is 1.69 bits per heavy atom. The molecular formula is C21H34O8. The SMILES string of the molecule is CC(=O)/C(C)=C1\CCC(C(C)=O)C(OC2OC(CO)C(O)C(O)C2O)CCC1C. The van der Waals surface area contributed by atoms with E-state index in [4.69, 9.17) is 9.47 Å². The van der Waals surface area contributed by atoms with Gasteiger partial charge in [0.2, 0.25) is 0 Å². The van der Waals surface area contributed by atoms with Crippen LogP contribution < -0.4 is 0 Å². The fraction of sp³-hybridized carbons (Fsp3) is 0.810. The lowest BCUT2D eigenvalue weighted by atomic mass is 9.78. The molecule has 29 heavy (non-hydrogen) atoms. The Kier molecular flexibility index (Phi) is 8.51. The van der Waals surface area contributed by atoms with Crippen molar-refractivity contribution < 1.29 is 39.5 Å². The molecule has 0 bridgehead atoms. The summed E-state index contributed by atoms with van der Waals surface area (Å²) in [5, 5.41) is 39.5. The Balaban J connectivity index is 2.20.